The Balaban J connectivity index is 1.42. The molecule has 4 aliphatic rings. The largest absolute Gasteiger partial charge is 0.481 e. The number of piperidine rings is 3. The van der Waals surface area contributed by atoms with E-state index in [4.69, 9.17) is 5.11 Å². The monoisotopic (exact) mass is 309 g/mol. The Morgan fingerprint density at radius 2 is 1.64 bits per heavy atom. The van der Waals surface area contributed by atoms with E-state index in [1.807, 2.05) is 4.90 Å². The summed E-state index contributed by atoms with van der Waals surface area (Å²) in [6, 6.07) is 0.687. The number of carboxylic acids is 1. The van der Waals surface area contributed by atoms with E-state index in [1.54, 1.807) is 0 Å². The van der Waals surface area contributed by atoms with Crippen molar-refractivity contribution in [3.63, 3.8) is 0 Å². The number of nitrogens with zero attached hydrogens (tertiary/aromatic N) is 3. The molecule has 1 amide bonds. The van der Waals surface area contributed by atoms with Gasteiger partial charge in [-0.15, -0.1) is 0 Å². The Morgan fingerprint density at radius 1 is 0.955 bits per heavy atom. The zero-order valence-corrected chi connectivity index (χ0v) is 13.2. The maximum Gasteiger partial charge on any atom is 0.303 e. The highest BCUT2D eigenvalue weighted by atomic mass is 16.4. The molecule has 0 aliphatic carbocycles. The summed E-state index contributed by atoms with van der Waals surface area (Å²) >= 11 is 0. The van der Waals surface area contributed by atoms with Crippen LogP contribution in [-0.4, -0.2) is 83.5 Å². The van der Waals surface area contributed by atoms with Crippen molar-refractivity contribution in [2.45, 2.75) is 38.1 Å². The van der Waals surface area contributed by atoms with Gasteiger partial charge in [-0.25, -0.2) is 0 Å². The second-order valence-electron chi connectivity index (χ2n) is 6.87. The molecule has 4 heterocycles. The van der Waals surface area contributed by atoms with Crippen LogP contribution in [0.25, 0.3) is 0 Å². The van der Waals surface area contributed by atoms with Gasteiger partial charge in [-0.3, -0.25) is 14.5 Å². The molecule has 1 unspecified atom stereocenters. The summed E-state index contributed by atoms with van der Waals surface area (Å²) in [7, 11) is 0. The third-order valence-electron chi connectivity index (χ3n) is 5.54. The van der Waals surface area contributed by atoms with Crippen LogP contribution in [0.3, 0.4) is 0 Å². The van der Waals surface area contributed by atoms with Gasteiger partial charge in [0.15, 0.2) is 0 Å². The Morgan fingerprint density at radius 3 is 2.18 bits per heavy atom. The first kappa shape index (κ1) is 15.7. The van der Waals surface area contributed by atoms with Crippen molar-refractivity contribution in [3.8, 4) is 0 Å². The van der Waals surface area contributed by atoms with Gasteiger partial charge in [0.2, 0.25) is 5.91 Å². The summed E-state index contributed by atoms with van der Waals surface area (Å²) in [5.74, 6) is 0.151. The average molecular weight is 309 g/mol. The second-order valence-corrected chi connectivity index (χ2v) is 6.87. The number of hydrogen-bond donors (Lipinski definition) is 1. The van der Waals surface area contributed by atoms with Crippen LogP contribution in [0.2, 0.25) is 0 Å². The summed E-state index contributed by atoms with van der Waals surface area (Å²) in [5.41, 5.74) is 0. The predicted octanol–water partition coefficient (Wildman–Crippen LogP) is 0.480. The second kappa shape index (κ2) is 6.96. The van der Waals surface area contributed by atoms with Gasteiger partial charge in [0.05, 0.1) is 0 Å². The van der Waals surface area contributed by atoms with E-state index < -0.39 is 5.97 Å². The van der Waals surface area contributed by atoms with Crippen molar-refractivity contribution in [3.05, 3.63) is 0 Å². The third kappa shape index (κ3) is 3.60. The maximum atomic E-state index is 12.1. The average Bonchev–Trinajstić information content (AvgIpc) is 2.55. The molecule has 4 rings (SSSR count). The molecule has 124 valence electrons. The molecule has 0 aromatic rings. The smallest absolute Gasteiger partial charge is 0.303 e. The van der Waals surface area contributed by atoms with Crippen molar-refractivity contribution in [1.29, 1.82) is 0 Å². The lowest BCUT2D eigenvalue weighted by molar-refractivity contribution is -0.137. The molecular weight excluding hydrogens is 282 g/mol. The van der Waals surface area contributed by atoms with Gasteiger partial charge in [0.1, 0.15) is 0 Å². The molecule has 4 saturated heterocycles. The molecular formula is C16H27N3O3. The van der Waals surface area contributed by atoms with Crippen LogP contribution in [0.5, 0.6) is 0 Å². The van der Waals surface area contributed by atoms with Crippen LogP contribution in [0.1, 0.15) is 32.1 Å². The number of aliphatic carboxylic acids is 1. The van der Waals surface area contributed by atoms with E-state index in [0.29, 0.717) is 18.9 Å². The topological polar surface area (TPSA) is 64.1 Å². The van der Waals surface area contributed by atoms with Crippen LogP contribution in [0.15, 0.2) is 0 Å². The molecule has 6 heteroatoms. The van der Waals surface area contributed by atoms with Gasteiger partial charge in [0, 0.05) is 51.6 Å². The number of piperazine rings is 1. The lowest BCUT2D eigenvalue weighted by Crippen LogP contribution is -2.61. The minimum Gasteiger partial charge on any atom is -0.481 e. The predicted molar refractivity (Wildman–Crippen MR) is 82.6 cm³/mol. The fourth-order valence-electron chi connectivity index (χ4n) is 4.20. The number of carbonyl (C=O) groups excluding carboxylic acids is 1. The molecule has 0 aromatic carbocycles. The Kier molecular flexibility index (Phi) is 4.98. The van der Waals surface area contributed by atoms with Crippen LogP contribution in [0.4, 0.5) is 0 Å². The summed E-state index contributed by atoms with van der Waals surface area (Å²) in [5, 5.41) is 8.63. The molecule has 4 aliphatic heterocycles. The highest BCUT2D eigenvalue weighted by Gasteiger charge is 2.38. The molecule has 4 fully saturated rings. The van der Waals surface area contributed by atoms with E-state index in [-0.39, 0.29) is 12.3 Å². The fourth-order valence-corrected chi connectivity index (χ4v) is 4.20. The molecule has 0 saturated carbocycles. The Hall–Kier alpha value is -1.14. The van der Waals surface area contributed by atoms with E-state index in [2.05, 4.69) is 9.80 Å². The Bertz CT molecular complexity index is 413. The molecule has 0 radical (unpaired) electrons. The van der Waals surface area contributed by atoms with Gasteiger partial charge in [-0.2, -0.15) is 0 Å². The number of carbonyl (C=O) groups is 2. The summed E-state index contributed by atoms with van der Waals surface area (Å²) in [6.07, 6.45) is 3.57. The summed E-state index contributed by atoms with van der Waals surface area (Å²) in [6.45, 7) is 7.28. The number of amides is 1. The lowest BCUT2D eigenvalue weighted by atomic mass is 9.83. The first-order valence-electron chi connectivity index (χ1n) is 8.59. The minimum atomic E-state index is -0.819. The van der Waals surface area contributed by atoms with Crippen LogP contribution >= 0.6 is 0 Å². The zero-order chi connectivity index (χ0) is 15.5. The number of carboxylic acid groups (broad SMARTS) is 1. The standard InChI is InChI=1S/C16H27N3O3/c20-15(2-1-3-16(21)22)19-10-8-18(9-11-19)14-12-17-6-4-13(14)5-7-17/h13-14H,1-12H2,(H,21,22). The van der Waals surface area contributed by atoms with E-state index in [1.165, 1.54) is 32.5 Å². The molecule has 22 heavy (non-hydrogen) atoms. The Labute approximate surface area is 132 Å². The van der Waals surface area contributed by atoms with Gasteiger partial charge in [0.25, 0.3) is 0 Å². The zero-order valence-electron chi connectivity index (χ0n) is 13.2. The minimum absolute atomic E-state index is 0.0886. The van der Waals surface area contributed by atoms with E-state index in [0.717, 1.165) is 32.1 Å². The molecule has 1 atom stereocenters. The SMILES string of the molecule is O=C(O)CCCC(=O)N1CCN(C2CN3CCC2CC3)CC1. The number of fused-ring (bicyclic) bond motifs is 3. The highest BCUT2D eigenvalue weighted by molar-refractivity contribution is 5.77. The normalized spacial score (nSPS) is 32.2. The third-order valence-corrected chi connectivity index (χ3v) is 5.54. The van der Waals surface area contributed by atoms with Crippen molar-refractivity contribution in [2.75, 3.05) is 45.8 Å². The summed E-state index contributed by atoms with van der Waals surface area (Å²) in [4.78, 5) is 29.7. The quantitative estimate of drug-likeness (QED) is 0.800. The van der Waals surface area contributed by atoms with Gasteiger partial charge in [-0.1, -0.05) is 0 Å². The van der Waals surface area contributed by atoms with Crippen LogP contribution < -0.4 is 0 Å². The lowest BCUT2D eigenvalue weighted by Gasteiger charge is -2.51. The molecule has 6 nitrogen and oxygen atoms in total. The van der Waals surface area contributed by atoms with Crippen molar-refractivity contribution in [1.82, 2.24) is 14.7 Å². The maximum absolute atomic E-state index is 12.1. The van der Waals surface area contributed by atoms with Crippen molar-refractivity contribution < 1.29 is 14.7 Å². The van der Waals surface area contributed by atoms with Crippen molar-refractivity contribution >= 4 is 11.9 Å². The summed E-state index contributed by atoms with van der Waals surface area (Å²) < 4.78 is 0. The number of hydrogen-bond acceptors (Lipinski definition) is 4. The molecule has 1 N–H and O–H groups in total. The van der Waals surface area contributed by atoms with E-state index >= 15 is 0 Å². The van der Waals surface area contributed by atoms with Gasteiger partial charge >= 0.3 is 5.97 Å². The number of rotatable bonds is 5. The van der Waals surface area contributed by atoms with Gasteiger partial charge < -0.3 is 14.9 Å². The molecule has 0 aromatic heterocycles. The van der Waals surface area contributed by atoms with Crippen LogP contribution in [-0.2, 0) is 9.59 Å². The highest BCUT2D eigenvalue weighted by Crippen LogP contribution is 2.31. The van der Waals surface area contributed by atoms with Crippen LogP contribution in [0, 0.1) is 5.92 Å². The first-order valence-corrected chi connectivity index (χ1v) is 8.59. The molecule has 0 spiro atoms. The fraction of sp³-hybridized carbons (Fsp3) is 0.875. The van der Waals surface area contributed by atoms with E-state index in [9.17, 15) is 9.59 Å². The van der Waals surface area contributed by atoms with Crippen molar-refractivity contribution in [2.24, 2.45) is 5.92 Å². The first-order chi connectivity index (χ1) is 10.6. The van der Waals surface area contributed by atoms with Gasteiger partial charge in [-0.05, 0) is 38.3 Å². The molecule has 2 bridgehead atoms.